The topological polar surface area (TPSA) is 17.8 Å². The molecule has 0 fully saturated rings. The predicted octanol–water partition coefficient (Wildman–Crippen LogP) is 1.54. The molecule has 1 aromatic heterocycles. The monoisotopic (exact) mass is 154 g/mol. The quantitative estimate of drug-likeness (QED) is 0.561. The first kappa shape index (κ1) is 7.17. The summed E-state index contributed by atoms with van der Waals surface area (Å²) < 4.78 is 1.82. The second-order valence-electron chi connectivity index (χ2n) is 1.81. The highest BCUT2D eigenvalue weighted by Crippen LogP contribution is 2.11. The van der Waals surface area contributed by atoms with Crippen LogP contribution in [0.4, 0.5) is 0 Å². The van der Waals surface area contributed by atoms with E-state index in [2.05, 4.69) is 10.9 Å². The van der Waals surface area contributed by atoms with Crippen molar-refractivity contribution in [2.24, 2.45) is 0 Å². The molecule has 1 aromatic rings. The van der Waals surface area contributed by atoms with Crippen LogP contribution in [0.1, 0.15) is 12.6 Å². The number of aryl methyl sites for hydroxylation is 1. The van der Waals surface area contributed by atoms with Crippen molar-refractivity contribution >= 4 is 11.6 Å². The Morgan fingerprint density at radius 1 is 1.90 bits per heavy atom. The molecule has 0 atom stereocenters. The van der Waals surface area contributed by atoms with E-state index in [9.17, 15) is 0 Å². The maximum atomic E-state index is 5.65. The van der Waals surface area contributed by atoms with Crippen LogP contribution in [0.5, 0.6) is 0 Å². The molecule has 0 bridgehead atoms. The van der Waals surface area contributed by atoms with Gasteiger partial charge in [-0.1, -0.05) is 11.6 Å². The number of terminal acetylenes is 1. The van der Waals surface area contributed by atoms with Gasteiger partial charge in [-0.05, 0) is 12.8 Å². The Balaban J connectivity index is 3.17. The molecule has 0 N–H and O–H groups in total. The minimum absolute atomic E-state index is 0.407. The third-order valence-electron chi connectivity index (χ3n) is 1.27. The van der Waals surface area contributed by atoms with E-state index < -0.39 is 0 Å². The summed E-state index contributed by atoms with van der Waals surface area (Å²) >= 11 is 5.65. The fourth-order valence-electron chi connectivity index (χ4n) is 0.740. The molecule has 0 amide bonds. The van der Waals surface area contributed by atoms with Crippen molar-refractivity contribution in [3.05, 3.63) is 17.2 Å². The van der Waals surface area contributed by atoms with Crippen LogP contribution in [-0.2, 0) is 6.54 Å². The van der Waals surface area contributed by atoms with E-state index in [1.165, 1.54) is 0 Å². The molecule has 0 saturated heterocycles. The Kier molecular flexibility index (Phi) is 1.98. The molecule has 0 radical (unpaired) electrons. The lowest BCUT2D eigenvalue weighted by molar-refractivity contribution is 0.753. The standard InChI is InChI=1S/C7H7ClN2/c1-3-6-7(8)9-5-10(6)4-2/h1,5H,4H2,2H3. The summed E-state index contributed by atoms with van der Waals surface area (Å²) in [5.74, 6) is 2.46. The van der Waals surface area contributed by atoms with Gasteiger partial charge in [-0.25, -0.2) is 4.98 Å². The zero-order valence-electron chi connectivity index (χ0n) is 5.63. The molecule has 1 heterocycles. The van der Waals surface area contributed by atoms with Gasteiger partial charge < -0.3 is 4.57 Å². The lowest BCUT2D eigenvalue weighted by Gasteiger charge is -1.95. The van der Waals surface area contributed by atoms with Crippen LogP contribution >= 0.6 is 11.6 Å². The van der Waals surface area contributed by atoms with Crippen LogP contribution in [-0.4, -0.2) is 9.55 Å². The zero-order valence-corrected chi connectivity index (χ0v) is 6.39. The van der Waals surface area contributed by atoms with E-state index in [-0.39, 0.29) is 0 Å². The average Bonchev–Trinajstić information content (AvgIpc) is 2.30. The van der Waals surface area contributed by atoms with Crippen molar-refractivity contribution in [1.82, 2.24) is 9.55 Å². The summed E-state index contributed by atoms with van der Waals surface area (Å²) in [5, 5.41) is 0.407. The number of nitrogens with zero attached hydrogens (tertiary/aromatic N) is 2. The van der Waals surface area contributed by atoms with Gasteiger partial charge in [0, 0.05) is 6.54 Å². The van der Waals surface area contributed by atoms with Crippen molar-refractivity contribution in [2.45, 2.75) is 13.5 Å². The molecule has 1 rings (SSSR count). The molecular formula is C7H7ClN2. The molecule has 52 valence electrons. The van der Waals surface area contributed by atoms with Crippen LogP contribution in [0, 0.1) is 12.3 Å². The minimum atomic E-state index is 0.407. The van der Waals surface area contributed by atoms with E-state index in [0.29, 0.717) is 10.8 Å². The first-order valence-corrected chi connectivity index (χ1v) is 3.34. The predicted molar refractivity (Wildman–Crippen MR) is 40.8 cm³/mol. The van der Waals surface area contributed by atoms with Crippen molar-refractivity contribution in [3.8, 4) is 12.3 Å². The summed E-state index contributed by atoms with van der Waals surface area (Å²) in [6.45, 7) is 2.79. The molecule has 0 aliphatic rings. The molecule has 3 heteroatoms. The minimum Gasteiger partial charge on any atom is -0.323 e. The van der Waals surface area contributed by atoms with E-state index in [1.807, 2.05) is 11.5 Å². The Morgan fingerprint density at radius 2 is 2.60 bits per heavy atom. The van der Waals surface area contributed by atoms with E-state index in [1.54, 1.807) is 6.33 Å². The van der Waals surface area contributed by atoms with Crippen molar-refractivity contribution < 1.29 is 0 Å². The van der Waals surface area contributed by atoms with Gasteiger partial charge in [0.25, 0.3) is 0 Å². The number of aromatic nitrogens is 2. The highest BCUT2D eigenvalue weighted by atomic mass is 35.5. The van der Waals surface area contributed by atoms with Gasteiger partial charge in [0.15, 0.2) is 5.15 Å². The van der Waals surface area contributed by atoms with E-state index >= 15 is 0 Å². The highest BCUT2D eigenvalue weighted by molar-refractivity contribution is 6.30. The van der Waals surface area contributed by atoms with Crippen molar-refractivity contribution in [1.29, 1.82) is 0 Å². The van der Waals surface area contributed by atoms with Crippen LogP contribution < -0.4 is 0 Å². The lowest BCUT2D eigenvalue weighted by atomic mass is 10.5. The van der Waals surface area contributed by atoms with Gasteiger partial charge in [-0.15, -0.1) is 6.42 Å². The lowest BCUT2D eigenvalue weighted by Crippen LogP contribution is -1.94. The Hall–Kier alpha value is -0.940. The van der Waals surface area contributed by atoms with Gasteiger partial charge in [-0.2, -0.15) is 0 Å². The summed E-state index contributed by atoms with van der Waals surface area (Å²) in [5.41, 5.74) is 0.657. The van der Waals surface area contributed by atoms with Crippen LogP contribution in [0.25, 0.3) is 0 Å². The number of halogens is 1. The van der Waals surface area contributed by atoms with Gasteiger partial charge in [0.05, 0.1) is 6.33 Å². The fourth-order valence-corrected chi connectivity index (χ4v) is 0.947. The molecule has 0 unspecified atom stereocenters. The van der Waals surface area contributed by atoms with Gasteiger partial charge in [0.2, 0.25) is 0 Å². The largest absolute Gasteiger partial charge is 0.323 e. The maximum absolute atomic E-state index is 5.65. The first-order chi connectivity index (χ1) is 4.79. The third kappa shape index (κ3) is 1.01. The van der Waals surface area contributed by atoms with Gasteiger partial charge in [0.1, 0.15) is 5.69 Å². The molecule has 0 aliphatic heterocycles. The summed E-state index contributed by atoms with van der Waals surface area (Å²) in [7, 11) is 0. The highest BCUT2D eigenvalue weighted by Gasteiger charge is 2.02. The van der Waals surface area contributed by atoms with Crippen LogP contribution in [0.2, 0.25) is 5.15 Å². The molecule has 0 spiro atoms. The second-order valence-corrected chi connectivity index (χ2v) is 2.17. The third-order valence-corrected chi connectivity index (χ3v) is 1.55. The van der Waals surface area contributed by atoms with E-state index in [0.717, 1.165) is 6.54 Å². The van der Waals surface area contributed by atoms with E-state index in [4.69, 9.17) is 18.0 Å². The Labute approximate surface area is 64.8 Å². The molecule has 10 heavy (non-hydrogen) atoms. The number of rotatable bonds is 1. The van der Waals surface area contributed by atoms with Crippen LogP contribution in [0.3, 0.4) is 0 Å². The molecular weight excluding hydrogens is 148 g/mol. The smallest absolute Gasteiger partial charge is 0.163 e. The summed E-state index contributed by atoms with van der Waals surface area (Å²) in [6.07, 6.45) is 6.81. The number of hydrogen-bond donors (Lipinski definition) is 0. The zero-order chi connectivity index (χ0) is 7.56. The van der Waals surface area contributed by atoms with Gasteiger partial charge in [-0.3, -0.25) is 0 Å². The van der Waals surface area contributed by atoms with Gasteiger partial charge >= 0.3 is 0 Å². The molecule has 0 saturated carbocycles. The van der Waals surface area contributed by atoms with Crippen molar-refractivity contribution in [3.63, 3.8) is 0 Å². The number of hydrogen-bond acceptors (Lipinski definition) is 1. The van der Waals surface area contributed by atoms with Crippen LogP contribution in [0.15, 0.2) is 6.33 Å². The molecule has 0 aliphatic carbocycles. The Bertz CT molecular complexity index is 270. The number of imidazole rings is 1. The first-order valence-electron chi connectivity index (χ1n) is 2.96. The Morgan fingerprint density at radius 3 is 3.00 bits per heavy atom. The van der Waals surface area contributed by atoms with Crippen molar-refractivity contribution in [2.75, 3.05) is 0 Å². The molecule has 0 aromatic carbocycles. The second kappa shape index (κ2) is 2.76. The normalized spacial score (nSPS) is 9.30. The average molecular weight is 155 g/mol. The fraction of sp³-hybridized carbons (Fsp3) is 0.286. The molecule has 2 nitrogen and oxygen atoms in total. The SMILES string of the molecule is C#Cc1c(Cl)ncn1CC. The summed E-state index contributed by atoms with van der Waals surface area (Å²) in [6, 6.07) is 0. The summed E-state index contributed by atoms with van der Waals surface area (Å²) in [4.78, 5) is 3.84. The maximum Gasteiger partial charge on any atom is 0.163 e.